The van der Waals surface area contributed by atoms with Gasteiger partial charge in [0, 0.05) is 6.42 Å². The molecule has 4 nitrogen and oxygen atoms in total. The van der Waals surface area contributed by atoms with Crippen LogP contribution in [0.3, 0.4) is 0 Å². The van der Waals surface area contributed by atoms with E-state index >= 15 is 0 Å². The second-order valence-corrected chi connectivity index (χ2v) is 8.94. The molecule has 0 aromatic heterocycles. The lowest BCUT2D eigenvalue weighted by molar-refractivity contribution is -0.137. The number of carbonyl (C=O) groups excluding carboxylic acids is 2. The fourth-order valence-electron chi connectivity index (χ4n) is 3.84. The molecule has 0 saturated heterocycles. The first-order chi connectivity index (χ1) is 18.3. The Morgan fingerprint density at radius 1 is 0.684 bits per heavy atom. The Kier molecular flexibility index (Phi) is 10.7. The van der Waals surface area contributed by atoms with Crippen LogP contribution in [0.4, 0.5) is 13.2 Å². The highest BCUT2D eigenvalue weighted by molar-refractivity contribution is 5.91. The first kappa shape index (κ1) is 28.7. The Balaban J connectivity index is 1.44. The molecule has 0 heterocycles. The van der Waals surface area contributed by atoms with Gasteiger partial charge in [0.15, 0.2) is 0 Å². The monoisotopic (exact) mass is 524 g/mol. The van der Waals surface area contributed by atoms with Crippen LogP contribution in [0.1, 0.15) is 67.3 Å². The third kappa shape index (κ3) is 9.21. The van der Waals surface area contributed by atoms with Crippen LogP contribution in [-0.4, -0.2) is 11.9 Å². The van der Waals surface area contributed by atoms with E-state index in [2.05, 4.69) is 6.58 Å². The lowest BCUT2D eigenvalue weighted by Gasteiger charge is -2.09. The van der Waals surface area contributed by atoms with Crippen LogP contribution in [0.15, 0.2) is 85.5 Å². The van der Waals surface area contributed by atoms with E-state index in [1.165, 1.54) is 19.3 Å². The Morgan fingerprint density at radius 3 is 1.71 bits per heavy atom. The average Bonchev–Trinajstić information content (AvgIpc) is 2.91. The van der Waals surface area contributed by atoms with Gasteiger partial charge in [-0.25, -0.2) is 4.79 Å². The number of unbranched alkanes of at least 4 members (excludes halogenated alkanes) is 6. The van der Waals surface area contributed by atoms with E-state index in [1.54, 1.807) is 36.4 Å². The second kappa shape index (κ2) is 14.2. The van der Waals surface area contributed by atoms with Crippen molar-refractivity contribution in [2.24, 2.45) is 0 Å². The van der Waals surface area contributed by atoms with Crippen LogP contribution >= 0.6 is 0 Å². The standard InChI is InChI=1S/C31H31F3O4/c1-2-3-4-5-6-7-8-9-10-29(35)37-27-19-13-23(14-20-27)24-15-21-28(22-16-24)38-30(36)25-11-17-26(18-12-25)31(32,33)34/h2,11-22H,1,3-10H2. The Labute approximate surface area is 221 Å². The van der Waals surface area contributed by atoms with E-state index < -0.39 is 17.7 Å². The molecular formula is C31H31F3O4. The second-order valence-electron chi connectivity index (χ2n) is 8.94. The number of ether oxygens (including phenoxy) is 2. The van der Waals surface area contributed by atoms with Gasteiger partial charge in [-0.05, 0) is 78.9 Å². The van der Waals surface area contributed by atoms with E-state index in [0.717, 1.165) is 61.1 Å². The lowest BCUT2D eigenvalue weighted by Crippen LogP contribution is -2.10. The SMILES string of the molecule is C=CCCCCCCCCC(=O)Oc1ccc(-c2ccc(OC(=O)c3ccc(C(F)(F)F)cc3)cc2)cc1. The molecule has 0 spiro atoms. The third-order valence-corrected chi connectivity index (χ3v) is 5.97. The molecule has 0 N–H and O–H groups in total. The van der Waals surface area contributed by atoms with Gasteiger partial charge in [-0.1, -0.05) is 56.0 Å². The molecule has 38 heavy (non-hydrogen) atoms. The summed E-state index contributed by atoms with van der Waals surface area (Å²) in [7, 11) is 0. The summed E-state index contributed by atoms with van der Waals surface area (Å²) in [5.74, 6) is -0.254. The molecule has 0 fully saturated rings. The molecule has 0 bridgehead atoms. The number of allylic oxidation sites excluding steroid dienone is 1. The van der Waals surface area contributed by atoms with Crippen molar-refractivity contribution < 1.29 is 32.2 Å². The minimum Gasteiger partial charge on any atom is -0.427 e. The Morgan fingerprint density at radius 2 is 1.18 bits per heavy atom. The van der Waals surface area contributed by atoms with Gasteiger partial charge in [0.1, 0.15) is 11.5 Å². The fraction of sp³-hybridized carbons (Fsp3) is 0.290. The van der Waals surface area contributed by atoms with Crippen molar-refractivity contribution in [1.82, 2.24) is 0 Å². The fourth-order valence-corrected chi connectivity index (χ4v) is 3.84. The van der Waals surface area contributed by atoms with Crippen LogP contribution < -0.4 is 9.47 Å². The highest BCUT2D eigenvalue weighted by atomic mass is 19.4. The minimum atomic E-state index is -4.47. The largest absolute Gasteiger partial charge is 0.427 e. The van der Waals surface area contributed by atoms with E-state index in [9.17, 15) is 22.8 Å². The summed E-state index contributed by atoms with van der Waals surface area (Å²) in [5, 5.41) is 0. The Hall–Kier alpha value is -3.87. The highest BCUT2D eigenvalue weighted by Gasteiger charge is 2.30. The normalized spacial score (nSPS) is 11.1. The van der Waals surface area contributed by atoms with Gasteiger partial charge in [-0.3, -0.25) is 4.79 Å². The van der Waals surface area contributed by atoms with Crippen molar-refractivity contribution in [2.75, 3.05) is 0 Å². The van der Waals surface area contributed by atoms with E-state index in [0.29, 0.717) is 12.2 Å². The number of benzene rings is 3. The van der Waals surface area contributed by atoms with Crippen molar-refractivity contribution in [2.45, 2.75) is 57.5 Å². The number of esters is 2. The van der Waals surface area contributed by atoms with Gasteiger partial charge >= 0.3 is 18.1 Å². The number of rotatable bonds is 13. The molecule has 0 unspecified atom stereocenters. The van der Waals surface area contributed by atoms with Crippen LogP contribution in [0.2, 0.25) is 0 Å². The summed E-state index contributed by atoms with van der Waals surface area (Å²) >= 11 is 0. The molecule has 3 aromatic carbocycles. The maximum atomic E-state index is 12.7. The van der Waals surface area contributed by atoms with Gasteiger partial charge < -0.3 is 9.47 Å². The Bertz CT molecular complexity index is 1180. The summed E-state index contributed by atoms with van der Waals surface area (Å²) < 4.78 is 48.8. The van der Waals surface area contributed by atoms with Gasteiger partial charge in [-0.2, -0.15) is 13.2 Å². The molecule has 0 saturated carbocycles. The first-order valence-electron chi connectivity index (χ1n) is 12.7. The predicted molar refractivity (Wildman–Crippen MR) is 141 cm³/mol. The quantitative estimate of drug-likeness (QED) is 0.0970. The number of alkyl halides is 3. The smallest absolute Gasteiger partial charge is 0.416 e. The van der Waals surface area contributed by atoms with E-state index in [1.807, 2.05) is 18.2 Å². The van der Waals surface area contributed by atoms with Crippen molar-refractivity contribution in [3.05, 3.63) is 96.6 Å². The van der Waals surface area contributed by atoms with Crippen LogP contribution in [0.25, 0.3) is 11.1 Å². The summed E-state index contributed by atoms with van der Waals surface area (Å²) in [6.07, 6.45) is 5.40. The molecule has 0 aliphatic heterocycles. The van der Waals surface area contributed by atoms with Crippen LogP contribution in [0, 0.1) is 0 Å². The zero-order valence-corrected chi connectivity index (χ0v) is 21.1. The highest BCUT2D eigenvalue weighted by Crippen LogP contribution is 2.29. The number of hydrogen-bond acceptors (Lipinski definition) is 4. The summed E-state index contributed by atoms with van der Waals surface area (Å²) in [6.45, 7) is 3.72. The maximum Gasteiger partial charge on any atom is 0.416 e. The minimum absolute atomic E-state index is 0.0199. The zero-order chi connectivity index (χ0) is 27.4. The summed E-state index contributed by atoms with van der Waals surface area (Å²) in [4.78, 5) is 24.4. The molecule has 0 amide bonds. The number of hydrogen-bond donors (Lipinski definition) is 0. The first-order valence-corrected chi connectivity index (χ1v) is 12.7. The molecule has 200 valence electrons. The van der Waals surface area contributed by atoms with Crippen LogP contribution in [0.5, 0.6) is 11.5 Å². The van der Waals surface area contributed by atoms with E-state index in [-0.39, 0.29) is 17.3 Å². The molecule has 3 rings (SSSR count). The van der Waals surface area contributed by atoms with Crippen molar-refractivity contribution >= 4 is 11.9 Å². The maximum absolute atomic E-state index is 12.7. The van der Waals surface area contributed by atoms with Crippen molar-refractivity contribution in [3.8, 4) is 22.6 Å². The van der Waals surface area contributed by atoms with E-state index in [4.69, 9.17) is 9.47 Å². The van der Waals surface area contributed by atoms with Gasteiger partial charge in [-0.15, -0.1) is 6.58 Å². The lowest BCUT2D eigenvalue weighted by atomic mass is 10.1. The van der Waals surface area contributed by atoms with Gasteiger partial charge in [0.05, 0.1) is 11.1 Å². The third-order valence-electron chi connectivity index (χ3n) is 5.97. The van der Waals surface area contributed by atoms with Crippen molar-refractivity contribution in [3.63, 3.8) is 0 Å². The topological polar surface area (TPSA) is 52.6 Å². The average molecular weight is 525 g/mol. The molecular weight excluding hydrogens is 493 g/mol. The molecule has 7 heteroatoms. The van der Waals surface area contributed by atoms with Crippen LogP contribution in [-0.2, 0) is 11.0 Å². The zero-order valence-electron chi connectivity index (χ0n) is 21.1. The molecule has 0 aliphatic carbocycles. The predicted octanol–water partition coefficient (Wildman–Crippen LogP) is 8.80. The molecule has 3 aromatic rings. The number of halogens is 3. The summed E-state index contributed by atoms with van der Waals surface area (Å²) in [5.41, 5.74) is 0.916. The molecule has 0 aliphatic rings. The van der Waals surface area contributed by atoms with Crippen molar-refractivity contribution in [1.29, 1.82) is 0 Å². The number of carbonyl (C=O) groups is 2. The van der Waals surface area contributed by atoms with Gasteiger partial charge in [0.25, 0.3) is 0 Å². The van der Waals surface area contributed by atoms with Gasteiger partial charge in [0.2, 0.25) is 0 Å². The molecule has 0 radical (unpaired) electrons. The molecule has 0 atom stereocenters. The summed E-state index contributed by atoms with van der Waals surface area (Å²) in [6, 6.07) is 17.7.